The van der Waals surface area contributed by atoms with Crippen molar-refractivity contribution in [1.82, 2.24) is 9.88 Å². The zero-order chi connectivity index (χ0) is 17.7. The summed E-state index contributed by atoms with van der Waals surface area (Å²) in [6, 6.07) is 13.5. The number of fused-ring (bicyclic) bond motifs is 2. The highest BCUT2D eigenvalue weighted by Gasteiger charge is 2.39. The van der Waals surface area contributed by atoms with Crippen molar-refractivity contribution in [2.45, 2.75) is 13.0 Å². The Bertz CT molecular complexity index is 1010. The van der Waals surface area contributed by atoms with Gasteiger partial charge in [0.1, 0.15) is 5.15 Å². The summed E-state index contributed by atoms with van der Waals surface area (Å²) in [6.07, 6.45) is 0. The molecule has 124 valence electrons. The highest BCUT2D eigenvalue weighted by molar-refractivity contribution is 6.36. The van der Waals surface area contributed by atoms with Crippen molar-refractivity contribution in [2.24, 2.45) is 0 Å². The van der Waals surface area contributed by atoms with Gasteiger partial charge in [0.15, 0.2) is 0 Å². The Morgan fingerprint density at radius 1 is 0.960 bits per heavy atom. The van der Waals surface area contributed by atoms with Crippen LogP contribution in [0.25, 0.3) is 10.9 Å². The Kier molecular flexibility index (Phi) is 3.74. The van der Waals surface area contributed by atoms with Gasteiger partial charge in [-0.25, -0.2) is 4.98 Å². The quantitative estimate of drug-likeness (QED) is 0.476. The zero-order valence-corrected chi connectivity index (χ0v) is 14.7. The molecule has 0 aliphatic carbocycles. The lowest BCUT2D eigenvalue weighted by Gasteiger charge is -2.23. The number of imide groups is 1. The standard InChI is InChI=1S/C19H12Cl2N2O2/c1-10(23-18(24)12-6-2-3-7-13(12)19(23)25)14-9-11-5-4-8-15(20)16(11)22-17(14)21/h2-10H,1H3/t10-/m1/s1. The Hall–Kier alpha value is -2.43. The van der Waals surface area contributed by atoms with Gasteiger partial charge in [0.2, 0.25) is 0 Å². The number of hydrogen-bond donors (Lipinski definition) is 0. The summed E-state index contributed by atoms with van der Waals surface area (Å²) in [7, 11) is 0. The average Bonchev–Trinajstić information content (AvgIpc) is 2.86. The molecule has 3 aromatic rings. The van der Waals surface area contributed by atoms with Crippen LogP contribution in [0.15, 0.2) is 48.5 Å². The first-order valence-electron chi connectivity index (χ1n) is 7.70. The topological polar surface area (TPSA) is 50.3 Å². The van der Waals surface area contributed by atoms with Gasteiger partial charge in [-0.15, -0.1) is 0 Å². The van der Waals surface area contributed by atoms with Crippen LogP contribution < -0.4 is 0 Å². The highest BCUT2D eigenvalue weighted by Crippen LogP contribution is 2.35. The minimum atomic E-state index is -0.546. The molecule has 25 heavy (non-hydrogen) atoms. The summed E-state index contributed by atoms with van der Waals surface area (Å²) in [6.45, 7) is 1.76. The lowest BCUT2D eigenvalue weighted by Crippen LogP contribution is -2.32. The van der Waals surface area contributed by atoms with Gasteiger partial charge in [0, 0.05) is 10.9 Å². The molecule has 0 spiro atoms. The second kappa shape index (κ2) is 5.83. The summed E-state index contributed by atoms with van der Waals surface area (Å²) in [5, 5.41) is 1.53. The van der Waals surface area contributed by atoms with E-state index < -0.39 is 6.04 Å². The van der Waals surface area contributed by atoms with Crippen LogP contribution in [-0.2, 0) is 0 Å². The number of hydrogen-bond acceptors (Lipinski definition) is 3. The lowest BCUT2D eigenvalue weighted by molar-refractivity contribution is 0.0595. The Morgan fingerprint density at radius 2 is 1.60 bits per heavy atom. The van der Waals surface area contributed by atoms with Crippen LogP contribution in [0.1, 0.15) is 39.2 Å². The van der Waals surface area contributed by atoms with E-state index in [2.05, 4.69) is 4.98 Å². The molecule has 0 saturated heterocycles. The molecule has 2 heterocycles. The molecule has 4 nitrogen and oxygen atoms in total. The van der Waals surface area contributed by atoms with Crippen molar-refractivity contribution >= 4 is 45.9 Å². The first-order valence-corrected chi connectivity index (χ1v) is 8.46. The lowest BCUT2D eigenvalue weighted by atomic mass is 10.1. The largest absolute Gasteiger partial charge is 0.269 e. The van der Waals surface area contributed by atoms with Gasteiger partial charge >= 0.3 is 0 Å². The first kappa shape index (κ1) is 16.1. The number of para-hydroxylation sites is 1. The maximum atomic E-state index is 12.7. The average molecular weight is 371 g/mol. The minimum Gasteiger partial charge on any atom is -0.269 e. The van der Waals surface area contributed by atoms with Crippen molar-refractivity contribution in [1.29, 1.82) is 0 Å². The summed E-state index contributed by atoms with van der Waals surface area (Å²) >= 11 is 12.5. The van der Waals surface area contributed by atoms with Crippen molar-refractivity contribution < 1.29 is 9.59 Å². The van der Waals surface area contributed by atoms with Gasteiger partial charge in [-0.1, -0.05) is 47.5 Å². The van der Waals surface area contributed by atoms with E-state index in [9.17, 15) is 9.59 Å². The number of benzene rings is 2. The van der Waals surface area contributed by atoms with Crippen LogP contribution in [0.2, 0.25) is 10.2 Å². The van der Waals surface area contributed by atoms with E-state index in [-0.39, 0.29) is 17.0 Å². The molecule has 6 heteroatoms. The number of rotatable bonds is 2. The van der Waals surface area contributed by atoms with E-state index in [1.165, 1.54) is 4.90 Å². The second-order valence-electron chi connectivity index (χ2n) is 5.88. The smallest absolute Gasteiger partial charge is 0.262 e. The van der Waals surface area contributed by atoms with Crippen LogP contribution in [0.5, 0.6) is 0 Å². The van der Waals surface area contributed by atoms with Crippen LogP contribution in [0.3, 0.4) is 0 Å². The van der Waals surface area contributed by atoms with Gasteiger partial charge in [-0.3, -0.25) is 14.5 Å². The molecule has 0 saturated carbocycles. The molecule has 0 fully saturated rings. The zero-order valence-electron chi connectivity index (χ0n) is 13.2. The van der Waals surface area contributed by atoms with E-state index in [4.69, 9.17) is 23.2 Å². The van der Waals surface area contributed by atoms with Crippen LogP contribution in [0, 0.1) is 0 Å². The number of pyridine rings is 1. The molecular weight excluding hydrogens is 359 g/mol. The van der Waals surface area contributed by atoms with Crippen LogP contribution in [-0.4, -0.2) is 21.7 Å². The molecular formula is C19H12Cl2N2O2. The van der Waals surface area contributed by atoms with Crippen LogP contribution in [0.4, 0.5) is 0 Å². The predicted octanol–water partition coefficient (Wildman–Crippen LogP) is 4.90. The molecule has 0 unspecified atom stereocenters. The summed E-state index contributed by atoms with van der Waals surface area (Å²) in [5.74, 6) is -0.647. The Labute approximate surface area is 154 Å². The maximum absolute atomic E-state index is 12.7. The molecule has 1 aliphatic heterocycles. The van der Waals surface area contributed by atoms with Crippen molar-refractivity contribution in [3.63, 3.8) is 0 Å². The number of amides is 2. The normalized spacial score (nSPS) is 14.9. The molecule has 0 bridgehead atoms. The molecule has 0 N–H and O–H groups in total. The monoisotopic (exact) mass is 370 g/mol. The fraction of sp³-hybridized carbons (Fsp3) is 0.105. The van der Waals surface area contributed by atoms with Gasteiger partial charge in [0.05, 0.1) is 27.7 Å². The number of carbonyl (C=O) groups is 2. The molecule has 1 aromatic heterocycles. The van der Waals surface area contributed by atoms with E-state index in [0.717, 1.165) is 5.39 Å². The second-order valence-corrected chi connectivity index (χ2v) is 6.65. The van der Waals surface area contributed by atoms with E-state index in [1.807, 2.05) is 18.2 Å². The molecule has 1 aliphatic rings. The van der Waals surface area contributed by atoms with Crippen molar-refractivity contribution in [3.8, 4) is 0 Å². The van der Waals surface area contributed by atoms with E-state index >= 15 is 0 Å². The highest BCUT2D eigenvalue weighted by atomic mass is 35.5. The van der Waals surface area contributed by atoms with Crippen molar-refractivity contribution in [3.05, 3.63) is 75.4 Å². The Balaban J connectivity index is 1.81. The summed E-state index contributed by atoms with van der Waals surface area (Å²) in [4.78, 5) is 30.9. The SMILES string of the molecule is C[C@H](c1cc2cccc(Cl)c2nc1Cl)N1C(=O)c2ccccc2C1=O. The third-order valence-corrected chi connectivity index (χ3v) is 5.05. The van der Waals surface area contributed by atoms with Gasteiger partial charge in [-0.2, -0.15) is 0 Å². The fourth-order valence-corrected chi connectivity index (χ4v) is 3.67. The maximum Gasteiger partial charge on any atom is 0.262 e. The fourth-order valence-electron chi connectivity index (χ4n) is 3.15. The molecule has 1 atom stereocenters. The van der Waals surface area contributed by atoms with Crippen molar-refractivity contribution in [2.75, 3.05) is 0 Å². The van der Waals surface area contributed by atoms with Gasteiger partial charge < -0.3 is 0 Å². The molecule has 4 rings (SSSR count). The number of aromatic nitrogens is 1. The molecule has 2 amide bonds. The molecule has 0 radical (unpaired) electrons. The van der Waals surface area contributed by atoms with E-state index in [1.54, 1.807) is 37.3 Å². The molecule has 2 aromatic carbocycles. The summed E-state index contributed by atoms with van der Waals surface area (Å²) < 4.78 is 0. The van der Waals surface area contributed by atoms with E-state index in [0.29, 0.717) is 27.2 Å². The van der Waals surface area contributed by atoms with Gasteiger partial charge in [0.25, 0.3) is 11.8 Å². The third kappa shape index (κ3) is 2.41. The number of halogens is 2. The number of nitrogens with zero attached hydrogens (tertiary/aromatic N) is 2. The van der Waals surface area contributed by atoms with Crippen LogP contribution >= 0.6 is 23.2 Å². The predicted molar refractivity (Wildman–Crippen MR) is 97.1 cm³/mol. The Morgan fingerprint density at radius 3 is 2.24 bits per heavy atom. The van der Waals surface area contributed by atoms with Gasteiger partial charge in [-0.05, 0) is 31.2 Å². The summed E-state index contributed by atoms with van der Waals surface area (Å²) in [5.41, 5.74) is 2.01. The first-order chi connectivity index (χ1) is 12.0. The third-order valence-electron chi connectivity index (χ3n) is 4.44. The minimum absolute atomic E-state index is 0.227. The number of carbonyl (C=O) groups excluding carboxylic acids is 2.